The summed E-state index contributed by atoms with van der Waals surface area (Å²) in [7, 11) is 0. The van der Waals surface area contributed by atoms with Crippen LogP contribution in [0.4, 0.5) is 4.79 Å². The van der Waals surface area contributed by atoms with Crippen LogP contribution in [0.25, 0.3) is 0 Å². The van der Waals surface area contributed by atoms with Gasteiger partial charge in [0.15, 0.2) is 0 Å². The zero-order chi connectivity index (χ0) is 22.2. The van der Waals surface area contributed by atoms with Crippen molar-refractivity contribution in [3.8, 4) is 0 Å². The Balaban J connectivity index is 1.58. The van der Waals surface area contributed by atoms with Gasteiger partial charge in [0, 0.05) is 32.8 Å². The maximum atomic E-state index is 12.9. The van der Waals surface area contributed by atoms with Gasteiger partial charge in [0.1, 0.15) is 11.8 Å². The first-order valence-corrected chi connectivity index (χ1v) is 11.0. The maximum Gasteiger partial charge on any atom is 0.318 e. The molecule has 0 aliphatic carbocycles. The second-order valence-electron chi connectivity index (χ2n) is 8.06. The van der Waals surface area contributed by atoms with E-state index in [0.29, 0.717) is 68.1 Å². The fraction of sp³-hybridized carbons (Fsp3) is 0.478. The van der Waals surface area contributed by atoms with Crippen LogP contribution in [0.1, 0.15) is 42.4 Å². The smallest absolute Gasteiger partial charge is 0.318 e. The number of benzene rings is 1. The number of urea groups is 1. The first kappa shape index (κ1) is 23.2. The van der Waals surface area contributed by atoms with E-state index in [0.717, 1.165) is 0 Å². The minimum Gasteiger partial charge on any atom is -0.467 e. The number of furan rings is 1. The molecule has 1 aromatic heterocycles. The van der Waals surface area contributed by atoms with Gasteiger partial charge in [0.25, 0.3) is 5.91 Å². The lowest BCUT2D eigenvalue weighted by Gasteiger charge is -2.25. The summed E-state index contributed by atoms with van der Waals surface area (Å²) in [5, 5.41) is 3.46. The monoisotopic (exact) mass is 447 g/mol. The highest BCUT2D eigenvalue weighted by molar-refractivity contribution is 6.33. The number of ether oxygens (including phenoxy) is 1. The molecule has 1 saturated heterocycles. The molecule has 1 unspecified atom stereocenters. The van der Waals surface area contributed by atoms with Gasteiger partial charge >= 0.3 is 6.03 Å². The van der Waals surface area contributed by atoms with Gasteiger partial charge in [-0.2, -0.15) is 0 Å². The summed E-state index contributed by atoms with van der Waals surface area (Å²) in [6.07, 6.45) is 2.28. The highest BCUT2D eigenvalue weighted by Gasteiger charge is 2.26. The molecule has 1 atom stereocenters. The Kier molecular flexibility index (Phi) is 8.37. The molecule has 1 N–H and O–H groups in total. The van der Waals surface area contributed by atoms with Gasteiger partial charge in [0.05, 0.1) is 23.5 Å². The zero-order valence-corrected chi connectivity index (χ0v) is 18.8. The second kappa shape index (κ2) is 11.2. The van der Waals surface area contributed by atoms with Crippen molar-refractivity contribution in [3.63, 3.8) is 0 Å². The van der Waals surface area contributed by atoms with Gasteiger partial charge in [-0.15, -0.1) is 0 Å². The molecule has 2 aromatic rings. The highest BCUT2D eigenvalue weighted by Crippen LogP contribution is 2.19. The summed E-state index contributed by atoms with van der Waals surface area (Å²) in [6.45, 7) is 7.13. The Hall–Kier alpha value is -2.51. The maximum absolute atomic E-state index is 12.9. The molecule has 0 radical (unpaired) electrons. The lowest BCUT2D eigenvalue weighted by molar-refractivity contribution is 0.0760. The van der Waals surface area contributed by atoms with E-state index in [-0.39, 0.29) is 18.0 Å². The molecule has 0 spiro atoms. The largest absolute Gasteiger partial charge is 0.467 e. The van der Waals surface area contributed by atoms with Crippen LogP contribution in [-0.4, -0.2) is 61.1 Å². The molecular weight excluding hydrogens is 418 g/mol. The fourth-order valence-corrected chi connectivity index (χ4v) is 3.69. The highest BCUT2D eigenvalue weighted by atomic mass is 35.5. The predicted octanol–water partition coefficient (Wildman–Crippen LogP) is 4.20. The van der Waals surface area contributed by atoms with Gasteiger partial charge in [-0.3, -0.25) is 4.79 Å². The quantitative estimate of drug-likeness (QED) is 0.690. The van der Waals surface area contributed by atoms with Gasteiger partial charge in [-0.1, -0.05) is 37.6 Å². The Morgan fingerprint density at radius 2 is 1.81 bits per heavy atom. The van der Waals surface area contributed by atoms with Crippen LogP contribution in [0.15, 0.2) is 47.1 Å². The topological polar surface area (TPSA) is 75.0 Å². The van der Waals surface area contributed by atoms with E-state index in [4.69, 9.17) is 20.8 Å². The first-order valence-electron chi connectivity index (χ1n) is 10.7. The number of carbonyl (C=O) groups is 2. The van der Waals surface area contributed by atoms with E-state index >= 15 is 0 Å². The summed E-state index contributed by atoms with van der Waals surface area (Å²) < 4.78 is 11.2. The number of halogens is 1. The number of hydrogen-bond acceptors (Lipinski definition) is 4. The Morgan fingerprint density at radius 1 is 1.06 bits per heavy atom. The molecule has 0 bridgehead atoms. The molecule has 8 heteroatoms. The molecule has 7 nitrogen and oxygen atoms in total. The summed E-state index contributed by atoms with van der Waals surface area (Å²) in [5.74, 6) is 0.950. The molecule has 168 valence electrons. The van der Waals surface area contributed by atoms with Crippen LogP contribution in [0.3, 0.4) is 0 Å². The van der Waals surface area contributed by atoms with Gasteiger partial charge < -0.3 is 24.3 Å². The number of rotatable bonds is 7. The molecule has 1 fully saturated rings. The van der Waals surface area contributed by atoms with Crippen LogP contribution >= 0.6 is 11.6 Å². The fourth-order valence-electron chi connectivity index (χ4n) is 3.48. The van der Waals surface area contributed by atoms with Crippen molar-refractivity contribution in [2.24, 2.45) is 5.92 Å². The van der Waals surface area contributed by atoms with Crippen LogP contribution in [0, 0.1) is 5.92 Å². The number of hydrogen-bond donors (Lipinski definition) is 1. The SMILES string of the molecule is CC(C)COCC(NC(=O)N1CCCN(C(=O)c2ccccc2Cl)CC1)c1ccco1. The van der Waals surface area contributed by atoms with Crippen LogP contribution < -0.4 is 5.32 Å². The molecule has 31 heavy (non-hydrogen) atoms. The van der Waals surface area contributed by atoms with Gasteiger partial charge in [-0.05, 0) is 36.6 Å². The molecule has 1 aliphatic heterocycles. The van der Waals surface area contributed by atoms with Crippen molar-refractivity contribution in [2.45, 2.75) is 26.3 Å². The van der Waals surface area contributed by atoms with Crippen molar-refractivity contribution in [2.75, 3.05) is 39.4 Å². The average Bonchev–Trinajstić information content (AvgIpc) is 3.17. The van der Waals surface area contributed by atoms with Crippen LogP contribution in [0.5, 0.6) is 0 Å². The number of carbonyl (C=O) groups excluding carboxylic acids is 2. The van der Waals surface area contributed by atoms with Crippen molar-refractivity contribution < 1.29 is 18.7 Å². The van der Waals surface area contributed by atoms with Crippen LogP contribution in [0.2, 0.25) is 5.02 Å². The van der Waals surface area contributed by atoms with Gasteiger partial charge in [0.2, 0.25) is 0 Å². The normalized spacial score (nSPS) is 15.6. The lowest BCUT2D eigenvalue weighted by Crippen LogP contribution is -2.44. The zero-order valence-electron chi connectivity index (χ0n) is 18.1. The molecular formula is C23H30ClN3O4. The van der Waals surface area contributed by atoms with E-state index in [1.54, 1.807) is 46.4 Å². The van der Waals surface area contributed by atoms with Gasteiger partial charge in [-0.25, -0.2) is 4.79 Å². The third-order valence-electron chi connectivity index (χ3n) is 5.09. The van der Waals surface area contributed by atoms with Crippen molar-refractivity contribution in [1.29, 1.82) is 0 Å². The average molecular weight is 448 g/mol. The van der Waals surface area contributed by atoms with E-state index in [1.165, 1.54) is 0 Å². The summed E-state index contributed by atoms with van der Waals surface area (Å²) >= 11 is 6.18. The summed E-state index contributed by atoms with van der Waals surface area (Å²) in [6, 6.07) is 10.1. The Morgan fingerprint density at radius 3 is 2.52 bits per heavy atom. The van der Waals surface area contributed by atoms with E-state index in [2.05, 4.69) is 19.2 Å². The second-order valence-corrected chi connectivity index (χ2v) is 8.47. The standard InChI is InChI=1S/C23H30ClN3O4/c1-17(2)15-30-16-20(21-9-5-14-31-21)25-23(29)27-11-6-10-26(12-13-27)22(28)18-7-3-4-8-19(18)24/h3-5,7-9,14,17,20H,6,10-13,15-16H2,1-2H3,(H,25,29). The molecule has 0 saturated carbocycles. The first-order chi connectivity index (χ1) is 15.0. The summed E-state index contributed by atoms with van der Waals surface area (Å²) in [5.41, 5.74) is 0.488. The molecule has 1 aliphatic rings. The van der Waals surface area contributed by atoms with E-state index < -0.39 is 0 Å². The minimum absolute atomic E-state index is 0.108. The molecule has 3 amide bonds. The Bertz CT molecular complexity index is 856. The minimum atomic E-state index is -0.370. The molecule has 3 rings (SSSR count). The van der Waals surface area contributed by atoms with E-state index in [1.807, 2.05) is 6.07 Å². The summed E-state index contributed by atoms with van der Waals surface area (Å²) in [4.78, 5) is 29.3. The molecule has 1 aromatic carbocycles. The van der Waals surface area contributed by atoms with Crippen molar-refractivity contribution in [1.82, 2.24) is 15.1 Å². The van der Waals surface area contributed by atoms with E-state index in [9.17, 15) is 9.59 Å². The third kappa shape index (κ3) is 6.48. The number of nitrogens with one attached hydrogen (secondary N) is 1. The third-order valence-corrected chi connectivity index (χ3v) is 5.42. The van der Waals surface area contributed by atoms with Crippen LogP contribution in [-0.2, 0) is 4.74 Å². The van der Waals surface area contributed by atoms with Crippen molar-refractivity contribution >= 4 is 23.5 Å². The molecule has 2 heterocycles. The van der Waals surface area contributed by atoms with Crippen molar-refractivity contribution in [3.05, 3.63) is 59.0 Å². The number of nitrogens with zero attached hydrogens (tertiary/aromatic N) is 2. The predicted molar refractivity (Wildman–Crippen MR) is 119 cm³/mol. The Labute approximate surface area is 188 Å². The lowest BCUT2D eigenvalue weighted by atomic mass is 10.2. The number of amides is 3.